The Hall–Kier alpha value is -4.11. The molecule has 0 saturated carbocycles. The van der Waals surface area contributed by atoms with E-state index in [1.54, 1.807) is 19.1 Å². The summed E-state index contributed by atoms with van der Waals surface area (Å²) in [5.41, 5.74) is 2.46. The Morgan fingerprint density at radius 1 is 0.923 bits per heavy atom. The van der Waals surface area contributed by atoms with E-state index in [9.17, 15) is 14.4 Å². The van der Waals surface area contributed by atoms with E-state index in [4.69, 9.17) is 9.15 Å². The van der Waals surface area contributed by atoms with Gasteiger partial charge >= 0.3 is 12.0 Å². The Bertz CT molecular complexity index is 1140. The van der Waals surface area contributed by atoms with Crippen LogP contribution in [0.5, 0.6) is 0 Å². The van der Waals surface area contributed by atoms with Crippen molar-refractivity contribution in [1.29, 1.82) is 0 Å². The Morgan fingerprint density at radius 3 is 2.13 bits per heavy atom. The molecule has 1 saturated heterocycles. The molecule has 1 aliphatic rings. The number of nitrogens with zero attached hydrogens (tertiary/aromatic N) is 3. The zero-order valence-electron chi connectivity index (χ0n) is 22.3. The zero-order valence-corrected chi connectivity index (χ0v) is 22.3. The number of rotatable bonds is 11. The van der Waals surface area contributed by atoms with Crippen molar-refractivity contribution in [2.45, 2.75) is 25.9 Å². The third kappa shape index (κ3) is 7.94. The van der Waals surface area contributed by atoms with Gasteiger partial charge in [-0.3, -0.25) is 14.5 Å². The fourth-order valence-corrected chi connectivity index (χ4v) is 4.82. The maximum Gasteiger partial charge on any atom is 0.325 e. The first-order chi connectivity index (χ1) is 19.0. The number of piperazine rings is 1. The minimum Gasteiger partial charge on any atom is -0.467 e. The number of amides is 3. The number of nitrogens with one attached hydrogen (secondary N) is 1. The first-order valence-corrected chi connectivity index (χ1v) is 13.4. The number of benzene rings is 2. The molecule has 1 N–H and O–H groups in total. The quantitative estimate of drug-likeness (QED) is 0.379. The van der Waals surface area contributed by atoms with E-state index in [0.717, 1.165) is 13.1 Å². The second-order valence-electron chi connectivity index (χ2n) is 9.36. The summed E-state index contributed by atoms with van der Waals surface area (Å²) in [6.07, 6.45) is 1.71. The average molecular weight is 533 g/mol. The number of furan rings is 1. The molecule has 0 radical (unpaired) electrons. The third-order valence-electron chi connectivity index (χ3n) is 6.76. The van der Waals surface area contributed by atoms with Gasteiger partial charge in [-0.1, -0.05) is 60.7 Å². The van der Waals surface area contributed by atoms with Gasteiger partial charge in [-0.25, -0.2) is 4.79 Å². The summed E-state index contributed by atoms with van der Waals surface area (Å²) in [5.74, 6) is 0.0746. The molecule has 1 fully saturated rings. The first kappa shape index (κ1) is 27.9. The normalized spacial score (nSPS) is 13.7. The van der Waals surface area contributed by atoms with Gasteiger partial charge in [0.25, 0.3) is 0 Å². The molecular formula is C30H36N4O5. The molecule has 39 heavy (non-hydrogen) atoms. The molecule has 0 atom stereocenters. The third-order valence-corrected chi connectivity index (χ3v) is 6.76. The number of carbonyl (C=O) groups excluding carboxylic acids is 3. The fraction of sp³-hybridized carbons (Fsp3) is 0.367. The summed E-state index contributed by atoms with van der Waals surface area (Å²) in [4.78, 5) is 43.4. The van der Waals surface area contributed by atoms with Crippen LogP contribution in [-0.4, -0.2) is 78.5 Å². The van der Waals surface area contributed by atoms with E-state index in [1.165, 1.54) is 22.3 Å². The Kier molecular flexibility index (Phi) is 10.1. The van der Waals surface area contributed by atoms with E-state index in [-0.39, 0.29) is 44.6 Å². The van der Waals surface area contributed by atoms with Gasteiger partial charge in [0.05, 0.1) is 25.5 Å². The van der Waals surface area contributed by atoms with Crippen molar-refractivity contribution in [3.05, 3.63) is 95.9 Å². The second kappa shape index (κ2) is 14.2. The molecule has 0 spiro atoms. The Morgan fingerprint density at radius 2 is 1.56 bits per heavy atom. The minimum absolute atomic E-state index is 0.00624. The molecule has 2 heterocycles. The summed E-state index contributed by atoms with van der Waals surface area (Å²) < 4.78 is 10.3. The predicted octanol–water partition coefficient (Wildman–Crippen LogP) is 3.68. The van der Waals surface area contributed by atoms with Gasteiger partial charge in [0.1, 0.15) is 12.3 Å². The lowest BCUT2D eigenvalue weighted by atomic mass is 9.96. The highest BCUT2D eigenvalue weighted by Gasteiger charge is 2.28. The molecule has 9 nitrogen and oxygen atoms in total. The van der Waals surface area contributed by atoms with Gasteiger partial charge in [-0.15, -0.1) is 0 Å². The van der Waals surface area contributed by atoms with Crippen LogP contribution in [0.1, 0.15) is 36.3 Å². The predicted molar refractivity (Wildman–Crippen MR) is 147 cm³/mol. The van der Waals surface area contributed by atoms with Gasteiger partial charge < -0.3 is 24.3 Å². The van der Waals surface area contributed by atoms with Crippen molar-refractivity contribution in [1.82, 2.24) is 20.0 Å². The maximum absolute atomic E-state index is 13.1. The molecule has 0 bridgehead atoms. The zero-order chi connectivity index (χ0) is 27.5. The van der Waals surface area contributed by atoms with Crippen LogP contribution in [0.4, 0.5) is 4.79 Å². The van der Waals surface area contributed by atoms with E-state index in [0.29, 0.717) is 18.8 Å². The smallest absolute Gasteiger partial charge is 0.325 e. The van der Waals surface area contributed by atoms with Crippen LogP contribution >= 0.6 is 0 Å². The lowest BCUT2D eigenvalue weighted by Crippen LogP contribution is -2.50. The van der Waals surface area contributed by atoms with Crippen molar-refractivity contribution in [2.24, 2.45) is 0 Å². The summed E-state index contributed by atoms with van der Waals surface area (Å²) in [5, 5.41) is 2.57. The number of urea groups is 1. The van der Waals surface area contributed by atoms with Crippen LogP contribution in [0.3, 0.4) is 0 Å². The molecule has 2 aromatic carbocycles. The maximum atomic E-state index is 13.1. The van der Waals surface area contributed by atoms with E-state index in [2.05, 4.69) is 58.7 Å². The number of hydrogen-bond donors (Lipinski definition) is 1. The number of ether oxygens (including phenoxy) is 1. The SMILES string of the molecule is CCOC(=O)CNC(=O)N(CCC(=O)N1CCN(C(c2ccccc2)c2ccccc2)CC1)Cc1ccco1. The van der Waals surface area contributed by atoms with Crippen LogP contribution in [0, 0.1) is 0 Å². The van der Waals surface area contributed by atoms with Crippen molar-refractivity contribution >= 4 is 17.9 Å². The molecule has 9 heteroatoms. The highest BCUT2D eigenvalue weighted by molar-refractivity contribution is 5.81. The Labute approximate surface area is 229 Å². The first-order valence-electron chi connectivity index (χ1n) is 13.4. The summed E-state index contributed by atoms with van der Waals surface area (Å²) in [7, 11) is 0. The molecule has 1 aromatic heterocycles. The fourth-order valence-electron chi connectivity index (χ4n) is 4.82. The topological polar surface area (TPSA) is 95.3 Å². The summed E-state index contributed by atoms with van der Waals surface area (Å²) in [6.45, 7) is 4.82. The van der Waals surface area contributed by atoms with E-state index in [1.807, 2.05) is 17.0 Å². The van der Waals surface area contributed by atoms with Crippen LogP contribution < -0.4 is 5.32 Å². The van der Waals surface area contributed by atoms with Crippen molar-refractivity contribution < 1.29 is 23.5 Å². The van der Waals surface area contributed by atoms with Crippen molar-refractivity contribution in [2.75, 3.05) is 45.9 Å². The molecule has 3 aromatic rings. The molecule has 0 aliphatic carbocycles. The van der Waals surface area contributed by atoms with E-state index >= 15 is 0 Å². The lowest BCUT2D eigenvalue weighted by Gasteiger charge is -2.40. The van der Waals surface area contributed by atoms with Crippen LogP contribution in [0.15, 0.2) is 83.5 Å². The van der Waals surface area contributed by atoms with Crippen LogP contribution in [0.25, 0.3) is 0 Å². The highest BCUT2D eigenvalue weighted by atomic mass is 16.5. The average Bonchev–Trinajstić information content (AvgIpc) is 3.49. The number of esters is 1. The van der Waals surface area contributed by atoms with Gasteiger partial charge in [0, 0.05) is 39.1 Å². The molecule has 4 rings (SSSR count). The monoisotopic (exact) mass is 532 g/mol. The summed E-state index contributed by atoms with van der Waals surface area (Å²) >= 11 is 0. The molecule has 0 unspecified atom stereocenters. The second-order valence-corrected chi connectivity index (χ2v) is 9.36. The lowest BCUT2D eigenvalue weighted by molar-refractivity contribution is -0.142. The van der Waals surface area contributed by atoms with Crippen molar-refractivity contribution in [3.63, 3.8) is 0 Å². The standard InChI is InChI=1S/C30H36N4O5/c1-2-38-28(36)22-31-30(37)34(23-26-14-9-21-39-26)16-15-27(35)32-17-19-33(20-18-32)29(24-10-5-3-6-11-24)25-12-7-4-8-13-25/h3-14,21,29H,2,15-20,22-23H2,1H3,(H,31,37). The molecule has 1 aliphatic heterocycles. The van der Waals surface area contributed by atoms with Gasteiger partial charge in [-0.2, -0.15) is 0 Å². The molecule has 206 valence electrons. The van der Waals surface area contributed by atoms with Crippen LogP contribution in [0.2, 0.25) is 0 Å². The molecular weight excluding hydrogens is 496 g/mol. The summed E-state index contributed by atoms with van der Waals surface area (Å²) in [6, 6.07) is 24.0. The molecule has 3 amide bonds. The number of hydrogen-bond acceptors (Lipinski definition) is 6. The highest BCUT2D eigenvalue weighted by Crippen LogP contribution is 2.29. The van der Waals surface area contributed by atoms with E-state index < -0.39 is 12.0 Å². The van der Waals surface area contributed by atoms with Gasteiger partial charge in [0.2, 0.25) is 5.91 Å². The van der Waals surface area contributed by atoms with Crippen LogP contribution in [-0.2, 0) is 20.9 Å². The van der Waals surface area contributed by atoms with Gasteiger partial charge in [-0.05, 0) is 30.2 Å². The number of carbonyl (C=O) groups is 3. The Balaban J connectivity index is 1.34. The van der Waals surface area contributed by atoms with Gasteiger partial charge in [0.15, 0.2) is 0 Å². The van der Waals surface area contributed by atoms with Crippen molar-refractivity contribution in [3.8, 4) is 0 Å². The minimum atomic E-state index is -0.512. The largest absolute Gasteiger partial charge is 0.467 e.